The molecule has 28 heavy (non-hydrogen) atoms. The second kappa shape index (κ2) is 9.60. The number of methoxy groups -OCH3 is 2. The summed E-state index contributed by atoms with van der Waals surface area (Å²) in [5.41, 5.74) is 2.96. The van der Waals surface area contributed by atoms with Crippen LogP contribution in [-0.4, -0.2) is 38.1 Å². The van der Waals surface area contributed by atoms with Gasteiger partial charge >= 0.3 is 0 Å². The zero-order chi connectivity index (χ0) is 19.9. The van der Waals surface area contributed by atoms with Gasteiger partial charge in [0.05, 0.1) is 14.2 Å². The molecule has 2 aromatic rings. The van der Waals surface area contributed by atoms with E-state index in [1.807, 2.05) is 0 Å². The standard InChI is InChI=1S/C23H30N2O3/c1-17-10-12-25(13-11-17)16-19-6-4-18(5-7-19)15-24-23(26)20-8-9-21(27-2)22(14-20)28-3/h4-9,14,17H,10-13,15-16H2,1-3H3,(H,24,26). The molecule has 2 aromatic carbocycles. The molecule has 0 radical (unpaired) electrons. The van der Waals surface area contributed by atoms with Crippen LogP contribution in [0.2, 0.25) is 0 Å². The number of amides is 1. The van der Waals surface area contributed by atoms with Crippen molar-refractivity contribution in [1.29, 1.82) is 0 Å². The topological polar surface area (TPSA) is 50.8 Å². The molecule has 0 atom stereocenters. The Hall–Kier alpha value is -2.53. The maximum atomic E-state index is 12.4. The fourth-order valence-electron chi connectivity index (χ4n) is 3.50. The van der Waals surface area contributed by atoms with Gasteiger partial charge in [0.2, 0.25) is 0 Å². The molecule has 0 aromatic heterocycles. The Labute approximate surface area is 167 Å². The average Bonchev–Trinajstić information content (AvgIpc) is 2.74. The van der Waals surface area contributed by atoms with Crippen LogP contribution in [0.25, 0.3) is 0 Å². The first-order valence-electron chi connectivity index (χ1n) is 9.89. The van der Waals surface area contributed by atoms with Crippen molar-refractivity contribution in [2.24, 2.45) is 5.92 Å². The van der Waals surface area contributed by atoms with Crippen LogP contribution in [0.4, 0.5) is 0 Å². The van der Waals surface area contributed by atoms with E-state index in [9.17, 15) is 4.79 Å². The minimum absolute atomic E-state index is 0.132. The predicted molar refractivity (Wildman–Crippen MR) is 111 cm³/mol. The highest BCUT2D eigenvalue weighted by Crippen LogP contribution is 2.27. The quantitative estimate of drug-likeness (QED) is 0.790. The summed E-state index contributed by atoms with van der Waals surface area (Å²) in [4.78, 5) is 14.9. The third-order valence-electron chi connectivity index (χ3n) is 5.40. The zero-order valence-electron chi connectivity index (χ0n) is 17.0. The summed E-state index contributed by atoms with van der Waals surface area (Å²) in [6.07, 6.45) is 2.58. The fraction of sp³-hybridized carbons (Fsp3) is 0.435. The van der Waals surface area contributed by atoms with Crippen molar-refractivity contribution >= 4 is 5.91 Å². The Bertz CT molecular complexity index is 781. The van der Waals surface area contributed by atoms with Gasteiger partial charge in [-0.05, 0) is 61.2 Å². The van der Waals surface area contributed by atoms with Crippen LogP contribution in [0.5, 0.6) is 11.5 Å². The van der Waals surface area contributed by atoms with Gasteiger partial charge in [-0.3, -0.25) is 9.69 Å². The Morgan fingerprint density at radius 2 is 1.64 bits per heavy atom. The molecule has 0 saturated carbocycles. The molecule has 5 nitrogen and oxygen atoms in total. The smallest absolute Gasteiger partial charge is 0.251 e. The number of benzene rings is 2. The summed E-state index contributed by atoms with van der Waals surface area (Å²) < 4.78 is 10.5. The van der Waals surface area contributed by atoms with Gasteiger partial charge in [-0.2, -0.15) is 0 Å². The minimum atomic E-state index is -0.132. The van der Waals surface area contributed by atoms with Gasteiger partial charge in [-0.15, -0.1) is 0 Å². The number of carbonyl (C=O) groups is 1. The fourth-order valence-corrected chi connectivity index (χ4v) is 3.50. The van der Waals surface area contributed by atoms with E-state index >= 15 is 0 Å². The van der Waals surface area contributed by atoms with E-state index < -0.39 is 0 Å². The van der Waals surface area contributed by atoms with Crippen LogP contribution in [0.1, 0.15) is 41.3 Å². The third kappa shape index (κ3) is 5.26. The Morgan fingerprint density at radius 3 is 2.29 bits per heavy atom. The van der Waals surface area contributed by atoms with Gasteiger partial charge < -0.3 is 14.8 Å². The Morgan fingerprint density at radius 1 is 1.00 bits per heavy atom. The predicted octanol–water partition coefficient (Wildman–Crippen LogP) is 3.87. The number of rotatable bonds is 7. The number of hydrogen-bond donors (Lipinski definition) is 1. The van der Waals surface area contributed by atoms with Crippen LogP contribution in [0.15, 0.2) is 42.5 Å². The monoisotopic (exact) mass is 382 g/mol. The molecule has 0 spiro atoms. The summed E-state index contributed by atoms with van der Waals surface area (Å²) in [6, 6.07) is 13.7. The van der Waals surface area contributed by atoms with E-state index in [0.29, 0.717) is 23.6 Å². The highest BCUT2D eigenvalue weighted by atomic mass is 16.5. The molecule has 1 amide bonds. The highest BCUT2D eigenvalue weighted by molar-refractivity contribution is 5.94. The van der Waals surface area contributed by atoms with Crippen LogP contribution in [-0.2, 0) is 13.1 Å². The van der Waals surface area contributed by atoms with Crippen molar-refractivity contribution in [3.8, 4) is 11.5 Å². The van der Waals surface area contributed by atoms with Crippen molar-refractivity contribution in [2.45, 2.75) is 32.9 Å². The average molecular weight is 383 g/mol. The maximum Gasteiger partial charge on any atom is 0.251 e. The van der Waals surface area contributed by atoms with E-state index in [2.05, 4.69) is 41.4 Å². The van der Waals surface area contributed by atoms with Gasteiger partial charge in [-0.25, -0.2) is 0 Å². The van der Waals surface area contributed by atoms with Crippen molar-refractivity contribution in [2.75, 3.05) is 27.3 Å². The summed E-state index contributed by atoms with van der Waals surface area (Å²) >= 11 is 0. The van der Waals surface area contributed by atoms with E-state index in [1.165, 1.54) is 31.5 Å². The molecule has 0 bridgehead atoms. The molecule has 0 unspecified atom stereocenters. The summed E-state index contributed by atoms with van der Waals surface area (Å²) in [5.74, 6) is 1.88. The Balaban J connectivity index is 1.52. The number of nitrogens with one attached hydrogen (secondary N) is 1. The third-order valence-corrected chi connectivity index (χ3v) is 5.40. The molecular weight excluding hydrogens is 352 g/mol. The lowest BCUT2D eigenvalue weighted by atomic mass is 9.99. The van der Waals surface area contributed by atoms with Crippen LogP contribution < -0.4 is 14.8 Å². The van der Waals surface area contributed by atoms with Gasteiger partial charge in [-0.1, -0.05) is 31.2 Å². The molecule has 1 fully saturated rings. The molecular formula is C23H30N2O3. The lowest BCUT2D eigenvalue weighted by Crippen LogP contribution is -2.32. The van der Waals surface area contributed by atoms with E-state index in [0.717, 1.165) is 18.0 Å². The number of piperidine rings is 1. The number of carbonyl (C=O) groups excluding carboxylic acids is 1. The summed E-state index contributed by atoms with van der Waals surface area (Å²) in [7, 11) is 3.14. The van der Waals surface area contributed by atoms with E-state index in [-0.39, 0.29) is 5.91 Å². The molecule has 1 saturated heterocycles. The van der Waals surface area contributed by atoms with Gasteiger partial charge in [0.1, 0.15) is 0 Å². The van der Waals surface area contributed by atoms with Gasteiger partial charge in [0, 0.05) is 18.7 Å². The largest absolute Gasteiger partial charge is 0.493 e. The first kappa shape index (κ1) is 20.2. The first-order valence-corrected chi connectivity index (χ1v) is 9.89. The molecule has 1 aliphatic heterocycles. The molecule has 0 aliphatic carbocycles. The molecule has 3 rings (SSSR count). The normalized spacial score (nSPS) is 15.2. The minimum Gasteiger partial charge on any atom is -0.493 e. The summed E-state index contributed by atoms with van der Waals surface area (Å²) in [5, 5.41) is 2.96. The SMILES string of the molecule is COc1ccc(C(=O)NCc2ccc(CN3CCC(C)CC3)cc2)cc1OC. The molecule has 1 aliphatic rings. The first-order chi connectivity index (χ1) is 13.6. The zero-order valence-corrected chi connectivity index (χ0v) is 17.0. The number of nitrogens with zero attached hydrogens (tertiary/aromatic N) is 1. The lowest BCUT2D eigenvalue weighted by Gasteiger charge is -2.30. The molecule has 1 N–H and O–H groups in total. The molecule has 5 heteroatoms. The van der Waals surface area contributed by atoms with E-state index in [4.69, 9.17) is 9.47 Å². The second-order valence-corrected chi connectivity index (χ2v) is 7.53. The van der Waals surface area contributed by atoms with Crippen molar-refractivity contribution < 1.29 is 14.3 Å². The van der Waals surface area contributed by atoms with Crippen LogP contribution in [0.3, 0.4) is 0 Å². The van der Waals surface area contributed by atoms with Crippen molar-refractivity contribution in [3.63, 3.8) is 0 Å². The lowest BCUT2D eigenvalue weighted by molar-refractivity contribution is 0.0950. The van der Waals surface area contributed by atoms with E-state index in [1.54, 1.807) is 32.4 Å². The highest BCUT2D eigenvalue weighted by Gasteiger charge is 2.15. The molecule has 1 heterocycles. The second-order valence-electron chi connectivity index (χ2n) is 7.53. The number of likely N-dealkylation sites (tertiary alicyclic amines) is 1. The van der Waals surface area contributed by atoms with Crippen molar-refractivity contribution in [1.82, 2.24) is 10.2 Å². The summed E-state index contributed by atoms with van der Waals surface area (Å²) in [6.45, 7) is 6.21. The van der Waals surface area contributed by atoms with Crippen LogP contribution >= 0.6 is 0 Å². The molecule has 150 valence electrons. The Kier molecular flexibility index (Phi) is 6.93. The number of hydrogen-bond acceptors (Lipinski definition) is 4. The number of ether oxygens (including phenoxy) is 2. The maximum absolute atomic E-state index is 12.4. The van der Waals surface area contributed by atoms with Crippen molar-refractivity contribution in [3.05, 3.63) is 59.2 Å². The van der Waals surface area contributed by atoms with Gasteiger partial charge in [0.15, 0.2) is 11.5 Å². The van der Waals surface area contributed by atoms with Gasteiger partial charge in [0.25, 0.3) is 5.91 Å². The van der Waals surface area contributed by atoms with Crippen LogP contribution in [0, 0.1) is 5.92 Å².